The van der Waals surface area contributed by atoms with Crippen LogP contribution in [0.15, 0.2) is 4.99 Å². The third-order valence-corrected chi connectivity index (χ3v) is 3.31. The minimum atomic E-state index is 0.451. The molecule has 5 heteroatoms. The van der Waals surface area contributed by atoms with Gasteiger partial charge in [-0.2, -0.15) is 0 Å². The average molecular weight is 242 g/mol. The second kappa shape index (κ2) is 6.81. The topological polar surface area (TPSA) is 62.9 Å². The molecular formula is C12H26N4O. The van der Waals surface area contributed by atoms with E-state index in [4.69, 9.17) is 10.6 Å². The summed E-state index contributed by atoms with van der Waals surface area (Å²) in [6.07, 6.45) is 3.30. The number of methoxy groups -OCH3 is 1. The molecule has 1 fully saturated rings. The molecule has 1 saturated heterocycles. The molecule has 0 radical (unpaired) electrons. The van der Waals surface area contributed by atoms with E-state index in [0.717, 1.165) is 38.6 Å². The average Bonchev–Trinajstić information content (AvgIpc) is 2.30. The third-order valence-electron chi connectivity index (χ3n) is 3.31. The summed E-state index contributed by atoms with van der Waals surface area (Å²) in [5, 5.41) is 0. The van der Waals surface area contributed by atoms with Gasteiger partial charge >= 0.3 is 0 Å². The van der Waals surface area contributed by atoms with Gasteiger partial charge in [-0.15, -0.1) is 0 Å². The van der Waals surface area contributed by atoms with Crippen LogP contribution in [0.25, 0.3) is 0 Å². The first-order valence-electron chi connectivity index (χ1n) is 6.34. The maximum Gasteiger partial charge on any atom is 0.208 e. The van der Waals surface area contributed by atoms with E-state index in [2.05, 4.69) is 29.2 Å². The number of hydrazine groups is 1. The van der Waals surface area contributed by atoms with Crippen molar-refractivity contribution in [3.63, 3.8) is 0 Å². The molecule has 1 rings (SSSR count). The summed E-state index contributed by atoms with van der Waals surface area (Å²) < 4.78 is 5.00. The van der Waals surface area contributed by atoms with Crippen LogP contribution in [-0.4, -0.2) is 44.2 Å². The Bertz CT molecular complexity index is 243. The van der Waals surface area contributed by atoms with Gasteiger partial charge in [-0.25, -0.2) is 5.84 Å². The molecule has 0 amide bonds. The Balaban J connectivity index is 2.40. The molecule has 5 nitrogen and oxygen atoms in total. The lowest BCUT2D eigenvalue weighted by atomic mass is 9.83. The van der Waals surface area contributed by atoms with Crippen molar-refractivity contribution in [3.8, 4) is 0 Å². The van der Waals surface area contributed by atoms with Crippen LogP contribution in [0.3, 0.4) is 0 Å². The lowest BCUT2D eigenvalue weighted by Crippen LogP contribution is -2.49. The fraction of sp³-hybridized carbons (Fsp3) is 0.917. The predicted molar refractivity (Wildman–Crippen MR) is 70.7 cm³/mol. The highest BCUT2D eigenvalue weighted by atomic mass is 16.5. The van der Waals surface area contributed by atoms with Crippen molar-refractivity contribution in [2.45, 2.75) is 33.1 Å². The first kappa shape index (κ1) is 14.3. The van der Waals surface area contributed by atoms with Crippen molar-refractivity contribution in [2.24, 2.45) is 16.3 Å². The number of aliphatic imine (C=N–C) groups is 1. The van der Waals surface area contributed by atoms with Crippen LogP contribution >= 0.6 is 0 Å². The molecule has 1 aliphatic rings. The summed E-state index contributed by atoms with van der Waals surface area (Å²) in [6, 6.07) is 0. The lowest BCUT2D eigenvalue weighted by molar-refractivity contribution is 0.184. The fourth-order valence-corrected chi connectivity index (χ4v) is 1.95. The summed E-state index contributed by atoms with van der Waals surface area (Å²) in [5.74, 6) is 6.35. The normalized spacial score (nSPS) is 20.5. The van der Waals surface area contributed by atoms with Crippen molar-refractivity contribution in [2.75, 3.05) is 33.4 Å². The van der Waals surface area contributed by atoms with E-state index >= 15 is 0 Å². The van der Waals surface area contributed by atoms with Crippen LogP contribution in [-0.2, 0) is 4.74 Å². The Labute approximate surface area is 104 Å². The quantitative estimate of drug-likeness (QED) is 0.253. The zero-order valence-corrected chi connectivity index (χ0v) is 11.3. The Kier molecular flexibility index (Phi) is 5.71. The highest BCUT2D eigenvalue weighted by Crippen LogP contribution is 2.29. The van der Waals surface area contributed by atoms with Crippen molar-refractivity contribution < 1.29 is 4.74 Å². The largest absolute Gasteiger partial charge is 0.385 e. The Hall–Kier alpha value is -0.810. The molecule has 0 bridgehead atoms. The van der Waals surface area contributed by atoms with Gasteiger partial charge in [0.1, 0.15) is 0 Å². The van der Waals surface area contributed by atoms with Gasteiger partial charge in [-0.1, -0.05) is 13.8 Å². The zero-order chi connectivity index (χ0) is 12.7. The van der Waals surface area contributed by atoms with Gasteiger partial charge in [0.15, 0.2) is 0 Å². The Morgan fingerprint density at radius 2 is 2.06 bits per heavy atom. The number of nitrogens with zero attached hydrogens (tertiary/aromatic N) is 2. The standard InChI is InChI=1S/C12H26N4O/c1-12(2)5-8-16(9-6-12)11(15-13)14-7-4-10-17-3/h4-10,13H2,1-3H3,(H,14,15). The zero-order valence-electron chi connectivity index (χ0n) is 11.3. The van der Waals surface area contributed by atoms with Crippen LogP contribution in [0.1, 0.15) is 33.1 Å². The van der Waals surface area contributed by atoms with Crippen LogP contribution < -0.4 is 11.3 Å². The first-order chi connectivity index (χ1) is 8.09. The minimum Gasteiger partial charge on any atom is -0.385 e. The van der Waals surface area contributed by atoms with Crippen LogP contribution in [0.2, 0.25) is 0 Å². The molecule has 3 N–H and O–H groups in total. The maximum absolute atomic E-state index is 5.53. The molecule has 0 unspecified atom stereocenters. The van der Waals surface area contributed by atoms with Gasteiger partial charge in [-0.05, 0) is 24.7 Å². The van der Waals surface area contributed by atoms with Crippen molar-refractivity contribution >= 4 is 5.96 Å². The summed E-state index contributed by atoms with van der Waals surface area (Å²) in [5.41, 5.74) is 3.16. The van der Waals surface area contributed by atoms with Crippen LogP contribution in [0.4, 0.5) is 0 Å². The number of likely N-dealkylation sites (tertiary alicyclic amines) is 1. The molecular weight excluding hydrogens is 216 g/mol. The van der Waals surface area contributed by atoms with Gasteiger partial charge in [-0.3, -0.25) is 10.4 Å². The summed E-state index contributed by atoms with van der Waals surface area (Å²) >= 11 is 0. The molecule has 0 atom stereocenters. The molecule has 1 heterocycles. The lowest BCUT2D eigenvalue weighted by Gasteiger charge is -2.38. The number of rotatable bonds is 4. The van der Waals surface area contributed by atoms with Crippen molar-refractivity contribution in [1.82, 2.24) is 10.3 Å². The number of ether oxygens (including phenoxy) is 1. The monoisotopic (exact) mass is 242 g/mol. The van der Waals surface area contributed by atoms with Gasteiger partial charge in [0.05, 0.1) is 0 Å². The molecule has 100 valence electrons. The van der Waals surface area contributed by atoms with E-state index in [1.54, 1.807) is 7.11 Å². The summed E-state index contributed by atoms with van der Waals surface area (Å²) in [6.45, 7) is 8.19. The van der Waals surface area contributed by atoms with E-state index in [-0.39, 0.29) is 0 Å². The molecule has 0 aliphatic carbocycles. The Morgan fingerprint density at radius 3 is 2.59 bits per heavy atom. The molecule has 17 heavy (non-hydrogen) atoms. The number of nitrogens with two attached hydrogens (primary N) is 1. The first-order valence-corrected chi connectivity index (χ1v) is 6.34. The molecule has 0 aromatic carbocycles. The predicted octanol–water partition coefficient (Wildman–Crippen LogP) is 0.964. The van der Waals surface area contributed by atoms with Gasteiger partial charge in [0.25, 0.3) is 0 Å². The van der Waals surface area contributed by atoms with E-state index in [1.165, 1.54) is 12.8 Å². The minimum absolute atomic E-state index is 0.451. The van der Waals surface area contributed by atoms with Gasteiger partial charge < -0.3 is 9.64 Å². The number of hydrogen-bond donors (Lipinski definition) is 2. The van der Waals surface area contributed by atoms with E-state index in [1.807, 2.05) is 0 Å². The number of nitrogens with one attached hydrogen (secondary N) is 1. The van der Waals surface area contributed by atoms with Gasteiger partial charge in [0.2, 0.25) is 5.96 Å². The number of hydrogen-bond acceptors (Lipinski definition) is 3. The van der Waals surface area contributed by atoms with Crippen LogP contribution in [0.5, 0.6) is 0 Å². The number of piperidine rings is 1. The second-order valence-electron chi connectivity index (χ2n) is 5.35. The van der Waals surface area contributed by atoms with E-state index in [0.29, 0.717) is 5.41 Å². The highest BCUT2D eigenvalue weighted by Gasteiger charge is 2.26. The molecule has 0 spiro atoms. The molecule has 0 saturated carbocycles. The SMILES string of the molecule is COCCCN=C(NN)N1CCC(C)(C)CC1. The Morgan fingerprint density at radius 1 is 1.41 bits per heavy atom. The van der Waals surface area contributed by atoms with Crippen molar-refractivity contribution in [1.29, 1.82) is 0 Å². The smallest absolute Gasteiger partial charge is 0.208 e. The third kappa shape index (κ3) is 4.91. The summed E-state index contributed by atoms with van der Waals surface area (Å²) in [4.78, 5) is 6.71. The molecule has 1 aliphatic heterocycles. The highest BCUT2D eigenvalue weighted by molar-refractivity contribution is 5.79. The fourth-order valence-electron chi connectivity index (χ4n) is 1.95. The maximum atomic E-state index is 5.53. The second-order valence-corrected chi connectivity index (χ2v) is 5.35. The number of guanidine groups is 1. The van der Waals surface area contributed by atoms with E-state index < -0.39 is 0 Å². The van der Waals surface area contributed by atoms with E-state index in [9.17, 15) is 0 Å². The summed E-state index contributed by atoms with van der Waals surface area (Å²) in [7, 11) is 1.71. The molecule has 0 aromatic heterocycles. The molecule has 0 aromatic rings. The van der Waals surface area contributed by atoms with Gasteiger partial charge in [0, 0.05) is 33.4 Å². The van der Waals surface area contributed by atoms with Crippen molar-refractivity contribution in [3.05, 3.63) is 0 Å². The van der Waals surface area contributed by atoms with Crippen LogP contribution in [0, 0.1) is 5.41 Å².